The van der Waals surface area contributed by atoms with Crippen LogP contribution in [0.3, 0.4) is 0 Å². The van der Waals surface area contributed by atoms with Crippen LogP contribution in [-0.2, 0) is 19.1 Å². The second kappa shape index (κ2) is 26.6. The maximum absolute atomic E-state index is 12.8. The maximum Gasteiger partial charge on any atom is 0.223 e. The van der Waals surface area contributed by atoms with Gasteiger partial charge in [-0.15, -0.1) is 0 Å². The van der Waals surface area contributed by atoms with Crippen LogP contribution < -0.4 is 0 Å². The third kappa shape index (κ3) is 16.7. The number of unbranched alkanes of at least 4 members (excludes halogenated alkanes) is 9. The molecule has 0 aliphatic rings. The Morgan fingerprint density at radius 2 is 0.880 bits per heavy atom. The first-order valence-electron chi connectivity index (χ1n) is 17.7. The molecule has 0 aromatic heterocycles. The van der Waals surface area contributed by atoms with Gasteiger partial charge in [0, 0.05) is 72.5 Å². The molecule has 0 heterocycles. The number of carbonyl (C=O) groups excluding carboxylic acids is 4. The van der Waals surface area contributed by atoms with E-state index in [-0.39, 0.29) is 10.2 Å². The number of nitrogens with zero attached hydrogens (tertiary/aromatic N) is 2. The quantitative estimate of drug-likeness (QED) is 0.0665. The Hall–Kier alpha value is -3.18. The Kier molecular flexibility index (Phi) is 22.9. The van der Waals surface area contributed by atoms with Gasteiger partial charge in [0.1, 0.15) is 0 Å². The number of rotatable bonds is 27. The van der Waals surface area contributed by atoms with E-state index in [0.29, 0.717) is 50.3 Å². The van der Waals surface area contributed by atoms with Crippen LogP contribution in [0.25, 0.3) is 0 Å². The summed E-state index contributed by atoms with van der Waals surface area (Å²) in [6.07, 6.45) is 13.8. The second-order valence-electron chi connectivity index (χ2n) is 12.1. The highest BCUT2D eigenvalue weighted by atomic mass is 32.2. The van der Waals surface area contributed by atoms with E-state index in [1.54, 1.807) is 48.3 Å². The first kappa shape index (κ1) is 43.0. The molecule has 0 fully saturated rings. The van der Waals surface area contributed by atoms with Gasteiger partial charge in [-0.05, 0) is 50.2 Å². The fourth-order valence-electron chi connectivity index (χ4n) is 5.39. The van der Waals surface area contributed by atoms with Gasteiger partial charge in [0.25, 0.3) is 0 Å². The standard InChI is InChI=1S/C40H56N2O6S2/c1-33(37(25-29-47-3)49-39(45)35-21-15-13-16-22-35)41(31-43)27-19-11-9-7-5-6-8-10-12-20-28-42(32-44)34(2)38(26-30-48-4)50-40(46)36-23-17-14-18-24-36/h13-18,21-24,31-32H,5-12,19-20,25-30H2,1-4H3/b37-33-,38-34-. The number of hydrogen-bond donors (Lipinski definition) is 0. The van der Waals surface area contributed by atoms with E-state index in [1.807, 2.05) is 50.2 Å². The minimum Gasteiger partial charge on any atom is -0.384 e. The fourth-order valence-corrected chi connectivity index (χ4v) is 7.25. The number of hydrogen-bond acceptors (Lipinski definition) is 8. The van der Waals surface area contributed by atoms with E-state index in [0.717, 1.165) is 72.5 Å². The molecule has 8 nitrogen and oxygen atoms in total. The fraction of sp³-hybridized carbons (Fsp3) is 0.500. The summed E-state index contributed by atoms with van der Waals surface area (Å²) in [6, 6.07) is 18.4. The lowest BCUT2D eigenvalue weighted by molar-refractivity contribution is -0.117. The van der Waals surface area contributed by atoms with Crippen molar-refractivity contribution in [3.05, 3.63) is 93.0 Å². The Morgan fingerprint density at radius 3 is 1.18 bits per heavy atom. The lowest BCUT2D eigenvalue weighted by Gasteiger charge is -2.21. The van der Waals surface area contributed by atoms with E-state index in [9.17, 15) is 19.2 Å². The predicted molar refractivity (Wildman–Crippen MR) is 207 cm³/mol. The largest absolute Gasteiger partial charge is 0.384 e. The SMILES string of the molecule is COCC/C(SC(=O)c1ccccc1)=C(\C)N(C=O)CCCCCCCCCCCCN(C=O)/C(C)=C(/CCOC)SC(=O)c1ccccc1. The van der Waals surface area contributed by atoms with Crippen LogP contribution in [0.5, 0.6) is 0 Å². The van der Waals surface area contributed by atoms with Crippen molar-refractivity contribution in [3.63, 3.8) is 0 Å². The molecule has 0 unspecified atom stereocenters. The van der Waals surface area contributed by atoms with Gasteiger partial charge < -0.3 is 19.3 Å². The number of carbonyl (C=O) groups is 4. The molecule has 0 N–H and O–H groups in total. The van der Waals surface area contributed by atoms with Gasteiger partial charge in [-0.3, -0.25) is 19.2 Å². The Balaban J connectivity index is 1.68. The van der Waals surface area contributed by atoms with Crippen molar-refractivity contribution < 1.29 is 28.7 Å². The zero-order valence-corrected chi connectivity index (χ0v) is 32.0. The molecule has 274 valence electrons. The number of benzene rings is 2. The van der Waals surface area contributed by atoms with Gasteiger partial charge in [0.05, 0.1) is 13.2 Å². The minimum atomic E-state index is -0.0347. The summed E-state index contributed by atoms with van der Waals surface area (Å²) in [5.41, 5.74) is 2.92. The van der Waals surface area contributed by atoms with Crippen molar-refractivity contribution in [2.24, 2.45) is 0 Å². The van der Waals surface area contributed by atoms with Crippen molar-refractivity contribution in [1.29, 1.82) is 0 Å². The molecule has 0 radical (unpaired) electrons. The van der Waals surface area contributed by atoms with Crippen LogP contribution in [0.2, 0.25) is 0 Å². The predicted octanol–water partition coefficient (Wildman–Crippen LogP) is 9.49. The number of methoxy groups -OCH3 is 2. The molecule has 0 bridgehead atoms. The van der Waals surface area contributed by atoms with Crippen molar-refractivity contribution in [3.8, 4) is 0 Å². The van der Waals surface area contributed by atoms with Crippen molar-refractivity contribution >= 4 is 46.6 Å². The molecular weight excluding hydrogens is 669 g/mol. The lowest BCUT2D eigenvalue weighted by Crippen LogP contribution is -2.22. The van der Waals surface area contributed by atoms with E-state index in [1.165, 1.54) is 49.2 Å². The van der Waals surface area contributed by atoms with E-state index >= 15 is 0 Å². The zero-order valence-electron chi connectivity index (χ0n) is 30.4. The van der Waals surface area contributed by atoms with E-state index in [2.05, 4.69) is 0 Å². The Labute approximate surface area is 308 Å². The van der Waals surface area contributed by atoms with Crippen LogP contribution in [0.4, 0.5) is 0 Å². The van der Waals surface area contributed by atoms with Gasteiger partial charge in [-0.25, -0.2) is 0 Å². The Morgan fingerprint density at radius 1 is 0.560 bits per heavy atom. The van der Waals surface area contributed by atoms with Crippen molar-refractivity contribution in [1.82, 2.24) is 9.80 Å². The highest BCUT2D eigenvalue weighted by Crippen LogP contribution is 2.30. The molecule has 10 heteroatoms. The monoisotopic (exact) mass is 724 g/mol. The third-order valence-corrected chi connectivity index (χ3v) is 10.8. The molecular formula is C40H56N2O6S2. The number of thioether (sulfide) groups is 2. The first-order valence-corrected chi connectivity index (χ1v) is 19.3. The zero-order chi connectivity index (χ0) is 36.4. The summed E-state index contributed by atoms with van der Waals surface area (Å²) >= 11 is 2.36. The second-order valence-corrected chi connectivity index (χ2v) is 14.3. The van der Waals surface area contributed by atoms with Crippen LogP contribution in [0.1, 0.15) is 112 Å². The molecule has 0 saturated heterocycles. The van der Waals surface area contributed by atoms with Gasteiger partial charge in [0.2, 0.25) is 23.1 Å². The van der Waals surface area contributed by atoms with Crippen LogP contribution in [0, 0.1) is 0 Å². The number of amides is 2. The number of allylic oxidation sites excluding steroid dienone is 2. The molecule has 2 aromatic carbocycles. The molecule has 0 spiro atoms. The van der Waals surface area contributed by atoms with Gasteiger partial charge in [-0.2, -0.15) is 0 Å². The van der Waals surface area contributed by atoms with Gasteiger partial charge >= 0.3 is 0 Å². The normalized spacial score (nSPS) is 12.2. The summed E-state index contributed by atoms with van der Waals surface area (Å²) in [7, 11) is 3.27. The average Bonchev–Trinajstić information content (AvgIpc) is 3.15. The average molecular weight is 725 g/mol. The van der Waals surface area contributed by atoms with E-state index in [4.69, 9.17) is 9.47 Å². The molecule has 0 aliphatic heterocycles. The molecule has 2 aromatic rings. The molecule has 0 atom stereocenters. The van der Waals surface area contributed by atoms with Crippen LogP contribution >= 0.6 is 23.5 Å². The summed E-state index contributed by atoms with van der Waals surface area (Å²) in [6.45, 7) is 6.05. The summed E-state index contributed by atoms with van der Waals surface area (Å²) in [4.78, 5) is 54.8. The highest BCUT2D eigenvalue weighted by Gasteiger charge is 2.17. The first-order chi connectivity index (χ1) is 24.4. The molecule has 2 amide bonds. The summed E-state index contributed by atoms with van der Waals surface area (Å²) in [5.74, 6) is 0. The van der Waals surface area contributed by atoms with E-state index < -0.39 is 0 Å². The Bertz CT molecular complexity index is 1250. The van der Waals surface area contributed by atoms with Gasteiger partial charge in [-0.1, -0.05) is 112 Å². The van der Waals surface area contributed by atoms with Crippen molar-refractivity contribution in [2.45, 2.75) is 90.9 Å². The minimum absolute atomic E-state index is 0.0347. The molecule has 2 rings (SSSR count). The topological polar surface area (TPSA) is 93.2 Å². The maximum atomic E-state index is 12.8. The van der Waals surface area contributed by atoms with Crippen LogP contribution in [-0.4, -0.2) is 73.4 Å². The van der Waals surface area contributed by atoms with Gasteiger partial charge in [0.15, 0.2) is 0 Å². The third-order valence-electron chi connectivity index (χ3n) is 8.49. The highest BCUT2D eigenvalue weighted by molar-refractivity contribution is 8.17. The molecule has 50 heavy (non-hydrogen) atoms. The lowest BCUT2D eigenvalue weighted by atomic mass is 10.1. The summed E-state index contributed by atoms with van der Waals surface area (Å²) in [5, 5.41) is -0.0695. The summed E-state index contributed by atoms with van der Waals surface area (Å²) < 4.78 is 10.5. The van der Waals surface area contributed by atoms with Crippen molar-refractivity contribution in [2.75, 3.05) is 40.5 Å². The number of ether oxygens (including phenoxy) is 2. The molecule has 0 aliphatic carbocycles. The smallest absolute Gasteiger partial charge is 0.223 e. The molecule has 0 saturated carbocycles. The van der Waals surface area contributed by atoms with Crippen LogP contribution in [0.15, 0.2) is 81.9 Å².